The normalized spacial score (nSPS) is 17.1. The van der Waals surface area contributed by atoms with Crippen molar-refractivity contribution < 1.29 is 43.0 Å². The summed E-state index contributed by atoms with van der Waals surface area (Å²) in [5.41, 5.74) is 6.33. The fourth-order valence-corrected chi connectivity index (χ4v) is 3.68. The average Bonchev–Trinajstić information content (AvgIpc) is 2.82. The predicted octanol–water partition coefficient (Wildman–Crippen LogP) is 1.60. The molecular formula is C24H23ClN4O9. The number of benzene rings is 2. The third-order valence-electron chi connectivity index (χ3n) is 5.16. The Balaban J connectivity index is 2.01. The molecule has 2 atom stereocenters. The van der Waals surface area contributed by atoms with Gasteiger partial charge in [-0.25, -0.2) is 4.79 Å². The zero-order valence-corrected chi connectivity index (χ0v) is 21.4. The van der Waals surface area contributed by atoms with Crippen molar-refractivity contribution in [1.29, 1.82) is 0 Å². The number of likely N-dealkylation sites (N-methyl/N-ethyl adjacent to an activating group) is 1. The number of ether oxygens (including phenoxy) is 3. The van der Waals surface area contributed by atoms with Crippen molar-refractivity contribution in [3.63, 3.8) is 0 Å². The first kappa shape index (κ1) is 28.1. The van der Waals surface area contributed by atoms with Crippen molar-refractivity contribution in [2.24, 2.45) is 5.73 Å². The number of amides is 4. The highest BCUT2D eigenvalue weighted by Crippen LogP contribution is 2.39. The van der Waals surface area contributed by atoms with Crippen LogP contribution in [0.25, 0.3) is 0 Å². The van der Waals surface area contributed by atoms with Crippen LogP contribution in [-0.2, 0) is 19.2 Å². The second kappa shape index (κ2) is 11.3. The van der Waals surface area contributed by atoms with Gasteiger partial charge in [0.25, 0.3) is 11.8 Å². The summed E-state index contributed by atoms with van der Waals surface area (Å²) in [6.07, 6.45) is -1.32. The maximum atomic E-state index is 13.2. The number of carbonyl (C=O) groups is 6. The molecular weight excluding hydrogens is 524 g/mol. The molecule has 1 fully saturated rings. The van der Waals surface area contributed by atoms with Gasteiger partial charge in [-0.3, -0.25) is 33.8 Å². The molecule has 1 aliphatic heterocycles. The van der Waals surface area contributed by atoms with E-state index in [0.717, 1.165) is 42.7 Å². The van der Waals surface area contributed by atoms with Gasteiger partial charge in [-0.15, -0.1) is 0 Å². The lowest BCUT2D eigenvalue weighted by Gasteiger charge is -2.41. The van der Waals surface area contributed by atoms with E-state index in [2.05, 4.69) is 5.32 Å². The number of imide groups is 1. The highest BCUT2D eigenvalue weighted by Gasteiger charge is 2.44. The number of halogens is 1. The smallest absolute Gasteiger partial charge is 0.332 e. The lowest BCUT2D eigenvalue weighted by molar-refractivity contribution is -0.135. The summed E-state index contributed by atoms with van der Waals surface area (Å²) in [5.74, 6) is -5.38. The topological polar surface area (TPSA) is 175 Å². The number of hydrogen-bond acceptors (Lipinski definition) is 10. The van der Waals surface area contributed by atoms with Crippen LogP contribution < -0.4 is 30.2 Å². The Kier molecular flexibility index (Phi) is 8.33. The van der Waals surface area contributed by atoms with Gasteiger partial charge in [0.2, 0.25) is 5.75 Å². The van der Waals surface area contributed by atoms with Gasteiger partial charge >= 0.3 is 23.9 Å². The number of esters is 3. The van der Waals surface area contributed by atoms with E-state index >= 15 is 0 Å². The van der Waals surface area contributed by atoms with E-state index in [4.69, 9.17) is 31.5 Å². The second-order valence-electron chi connectivity index (χ2n) is 8.05. The Labute approximate surface area is 221 Å². The molecule has 2 unspecified atom stereocenters. The van der Waals surface area contributed by atoms with E-state index in [1.807, 2.05) is 0 Å². The van der Waals surface area contributed by atoms with Crippen LogP contribution in [0.4, 0.5) is 10.5 Å². The van der Waals surface area contributed by atoms with Gasteiger partial charge in [0.1, 0.15) is 12.2 Å². The molecule has 3 rings (SSSR count). The molecule has 38 heavy (non-hydrogen) atoms. The van der Waals surface area contributed by atoms with Crippen LogP contribution in [0.5, 0.6) is 17.2 Å². The van der Waals surface area contributed by atoms with E-state index in [0.29, 0.717) is 10.7 Å². The van der Waals surface area contributed by atoms with Crippen LogP contribution >= 0.6 is 11.6 Å². The largest absolute Gasteiger partial charge is 0.423 e. The average molecular weight is 547 g/mol. The monoisotopic (exact) mass is 546 g/mol. The number of rotatable bonds is 6. The summed E-state index contributed by atoms with van der Waals surface area (Å²) in [6, 6.07) is 6.05. The first-order valence-electron chi connectivity index (χ1n) is 11.0. The lowest BCUT2D eigenvalue weighted by atomic mass is 10.1. The van der Waals surface area contributed by atoms with Crippen LogP contribution in [0.3, 0.4) is 0 Å². The van der Waals surface area contributed by atoms with Crippen LogP contribution in [0.1, 0.15) is 31.1 Å². The predicted molar refractivity (Wildman–Crippen MR) is 132 cm³/mol. The van der Waals surface area contributed by atoms with Crippen molar-refractivity contribution in [2.75, 3.05) is 11.9 Å². The van der Waals surface area contributed by atoms with E-state index in [-0.39, 0.29) is 5.56 Å². The number of carbonyl (C=O) groups excluding carboxylic acids is 6. The molecule has 0 aromatic heterocycles. The van der Waals surface area contributed by atoms with Crippen molar-refractivity contribution >= 4 is 53.0 Å². The summed E-state index contributed by atoms with van der Waals surface area (Å²) in [5, 5.41) is 2.86. The van der Waals surface area contributed by atoms with Crippen molar-refractivity contribution in [3.8, 4) is 17.2 Å². The van der Waals surface area contributed by atoms with Gasteiger partial charge in [0.05, 0.1) is 0 Å². The third-order valence-corrected chi connectivity index (χ3v) is 5.41. The lowest BCUT2D eigenvalue weighted by Crippen LogP contribution is -2.71. The summed E-state index contributed by atoms with van der Waals surface area (Å²) in [4.78, 5) is 75.8. The molecule has 200 valence electrons. The Morgan fingerprint density at radius 1 is 0.895 bits per heavy atom. The van der Waals surface area contributed by atoms with Crippen LogP contribution in [0.15, 0.2) is 36.4 Å². The number of nitrogens with two attached hydrogens (primary N) is 1. The zero-order valence-electron chi connectivity index (χ0n) is 20.6. The van der Waals surface area contributed by atoms with E-state index < -0.39 is 65.2 Å². The minimum absolute atomic E-state index is 0.244. The Morgan fingerprint density at radius 3 is 1.87 bits per heavy atom. The second-order valence-corrected chi connectivity index (χ2v) is 8.49. The molecule has 4 amide bonds. The molecule has 1 saturated heterocycles. The van der Waals surface area contributed by atoms with Gasteiger partial charge in [-0.2, -0.15) is 0 Å². The highest BCUT2D eigenvalue weighted by molar-refractivity contribution is 6.30. The van der Waals surface area contributed by atoms with Crippen LogP contribution in [0.2, 0.25) is 5.02 Å². The van der Waals surface area contributed by atoms with E-state index in [9.17, 15) is 28.8 Å². The SMILES string of the molecule is CC(=O)Oc1cc(C(=O)NC2C(=O)N(C)C(=O)N(c3ccc(Cl)cc3)C2N)cc(OC(C)=O)c1OC(C)=O. The first-order chi connectivity index (χ1) is 17.8. The van der Waals surface area contributed by atoms with Crippen molar-refractivity contribution in [2.45, 2.75) is 33.0 Å². The molecule has 1 heterocycles. The van der Waals surface area contributed by atoms with E-state index in [1.54, 1.807) is 0 Å². The molecule has 13 nitrogen and oxygen atoms in total. The Bertz CT molecular complexity index is 1290. The van der Waals surface area contributed by atoms with Gasteiger partial charge in [-0.05, 0) is 36.4 Å². The van der Waals surface area contributed by atoms with Gasteiger partial charge in [-0.1, -0.05) is 11.6 Å². The molecule has 14 heteroatoms. The molecule has 2 aromatic rings. The molecule has 1 aliphatic rings. The Hall–Kier alpha value is -4.49. The molecule has 0 bridgehead atoms. The minimum atomic E-state index is -1.41. The maximum Gasteiger partial charge on any atom is 0.332 e. The zero-order chi connectivity index (χ0) is 28.3. The van der Waals surface area contributed by atoms with Gasteiger partial charge < -0.3 is 25.3 Å². The van der Waals surface area contributed by atoms with Crippen molar-refractivity contribution in [1.82, 2.24) is 10.2 Å². The van der Waals surface area contributed by atoms with Gasteiger partial charge in [0.15, 0.2) is 11.5 Å². The van der Waals surface area contributed by atoms with E-state index in [1.165, 1.54) is 31.3 Å². The number of anilines is 1. The van der Waals surface area contributed by atoms with Crippen molar-refractivity contribution in [3.05, 3.63) is 47.0 Å². The fourth-order valence-electron chi connectivity index (χ4n) is 3.56. The van der Waals surface area contributed by atoms with Gasteiger partial charge in [0, 0.05) is 44.1 Å². The molecule has 0 aliphatic carbocycles. The molecule has 0 spiro atoms. The summed E-state index contributed by atoms with van der Waals surface area (Å²) >= 11 is 5.92. The van der Waals surface area contributed by atoms with Crippen LogP contribution in [0, 0.1) is 0 Å². The standard InChI is InChI=1S/C24H23ClN4O9/c1-11(30)36-17-9-14(10-18(37-12(2)31)20(17)38-13(3)32)22(33)27-19-21(26)29(24(35)28(4)23(19)34)16-7-5-15(25)6-8-16/h5-10,19,21H,26H2,1-4H3,(H,27,33). The fraction of sp³-hybridized carbons (Fsp3) is 0.250. The third kappa shape index (κ3) is 6.07. The minimum Gasteiger partial charge on any atom is -0.423 e. The summed E-state index contributed by atoms with van der Waals surface area (Å²) < 4.78 is 15.1. The Morgan fingerprint density at radius 2 is 1.39 bits per heavy atom. The molecule has 2 aromatic carbocycles. The quantitative estimate of drug-likeness (QED) is 0.400. The highest BCUT2D eigenvalue weighted by atomic mass is 35.5. The number of nitrogens with one attached hydrogen (secondary N) is 1. The number of nitrogens with zero attached hydrogens (tertiary/aromatic N) is 2. The summed E-state index contributed by atoms with van der Waals surface area (Å²) in [6.45, 7) is 3.19. The first-order valence-corrected chi connectivity index (χ1v) is 11.3. The summed E-state index contributed by atoms with van der Waals surface area (Å²) in [7, 11) is 1.23. The number of hydrogen-bond donors (Lipinski definition) is 2. The molecule has 3 N–H and O–H groups in total. The number of urea groups is 1. The molecule has 0 radical (unpaired) electrons. The molecule has 0 saturated carbocycles. The van der Waals surface area contributed by atoms with Crippen LogP contribution in [-0.4, -0.2) is 59.9 Å². The maximum absolute atomic E-state index is 13.2.